The van der Waals surface area contributed by atoms with Crippen LogP contribution in [0.1, 0.15) is 18.0 Å². The molecular formula is C11H12BrF4NO. The monoisotopic (exact) mass is 329 g/mol. The van der Waals surface area contributed by atoms with Crippen LogP contribution in [0.25, 0.3) is 0 Å². The standard InChI is InChI=1S/C11H12BrF4NO/c12-7-1-2-9(13)8(5-7)10(17)3-4-18-6-11(14,15)16/h1-2,5,10H,3-4,6,17H2. The van der Waals surface area contributed by atoms with Crippen molar-refractivity contribution < 1.29 is 22.3 Å². The Balaban J connectivity index is 2.45. The van der Waals surface area contributed by atoms with Crippen molar-refractivity contribution in [3.63, 3.8) is 0 Å². The summed E-state index contributed by atoms with van der Waals surface area (Å²) >= 11 is 3.17. The molecule has 0 spiro atoms. The van der Waals surface area contributed by atoms with Gasteiger partial charge in [-0.15, -0.1) is 0 Å². The topological polar surface area (TPSA) is 35.2 Å². The van der Waals surface area contributed by atoms with Gasteiger partial charge in [0.2, 0.25) is 0 Å². The molecule has 0 aromatic heterocycles. The van der Waals surface area contributed by atoms with Crippen molar-refractivity contribution in [3.8, 4) is 0 Å². The van der Waals surface area contributed by atoms with Crippen molar-refractivity contribution in [2.75, 3.05) is 13.2 Å². The van der Waals surface area contributed by atoms with Gasteiger partial charge in [-0.3, -0.25) is 0 Å². The smallest absolute Gasteiger partial charge is 0.372 e. The summed E-state index contributed by atoms with van der Waals surface area (Å²) in [5.41, 5.74) is 5.94. The summed E-state index contributed by atoms with van der Waals surface area (Å²) in [7, 11) is 0. The number of ether oxygens (including phenoxy) is 1. The highest BCUT2D eigenvalue weighted by molar-refractivity contribution is 9.10. The van der Waals surface area contributed by atoms with Gasteiger partial charge in [-0.25, -0.2) is 4.39 Å². The van der Waals surface area contributed by atoms with Gasteiger partial charge in [0.25, 0.3) is 0 Å². The van der Waals surface area contributed by atoms with Crippen LogP contribution in [0.4, 0.5) is 17.6 Å². The zero-order valence-electron chi connectivity index (χ0n) is 9.31. The predicted octanol–water partition coefficient (Wildman–Crippen LogP) is 3.56. The molecule has 0 amide bonds. The van der Waals surface area contributed by atoms with Crippen LogP contribution >= 0.6 is 15.9 Å². The van der Waals surface area contributed by atoms with Gasteiger partial charge in [0.15, 0.2) is 0 Å². The van der Waals surface area contributed by atoms with Crippen molar-refractivity contribution >= 4 is 15.9 Å². The van der Waals surface area contributed by atoms with Gasteiger partial charge in [-0.2, -0.15) is 13.2 Å². The first-order valence-electron chi connectivity index (χ1n) is 5.14. The third-order valence-electron chi connectivity index (χ3n) is 2.20. The molecule has 0 saturated carbocycles. The van der Waals surface area contributed by atoms with Crippen LogP contribution < -0.4 is 5.73 Å². The number of alkyl halides is 3. The minimum absolute atomic E-state index is 0.115. The molecule has 1 aromatic rings. The SMILES string of the molecule is NC(CCOCC(F)(F)F)c1cc(Br)ccc1F. The highest BCUT2D eigenvalue weighted by Gasteiger charge is 2.27. The minimum Gasteiger partial charge on any atom is -0.372 e. The van der Waals surface area contributed by atoms with Crippen LogP contribution in [-0.4, -0.2) is 19.4 Å². The zero-order chi connectivity index (χ0) is 13.8. The molecule has 18 heavy (non-hydrogen) atoms. The Bertz CT molecular complexity index is 397. The first-order chi connectivity index (χ1) is 8.29. The van der Waals surface area contributed by atoms with Gasteiger partial charge in [-0.05, 0) is 24.6 Å². The number of rotatable bonds is 5. The maximum absolute atomic E-state index is 13.4. The summed E-state index contributed by atoms with van der Waals surface area (Å²) < 4.78 is 53.9. The van der Waals surface area contributed by atoms with Crippen LogP contribution in [0, 0.1) is 5.82 Å². The third-order valence-corrected chi connectivity index (χ3v) is 2.69. The van der Waals surface area contributed by atoms with Gasteiger partial charge >= 0.3 is 6.18 Å². The minimum atomic E-state index is -4.36. The fourth-order valence-electron chi connectivity index (χ4n) is 1.35. The number of nitrogens with two attached hydrogens (primary N) is 1. The van der Waals surface area contributed by atoms with E-state index in [1.165, 1.54) is 18.2 Å². The second kappa shape index (κ2) is 6.49. The fraction of sp³-hybridized carbons (Fsp3) is 0.455. The Kier molecular flexibility index (Phi) is 5.55. The molecule has 0 saturated heterocycles. The van der Waals surface area contributed by atoms with Crippen LogP contribution in [0.3, 0.4) is 0 Å². The number of hydrogen-bond acceptors (Lipinski definition) is 2. The van der Waals surface area contributed by atoms with Gasteiger partial charge in [0.05, 0.1) is 0 Å². The molecule has 0 radical (unpaired) electrons. The molecule has 1 atom stereocenters. The highest BCUT2D eigenvalue weighted by Crippen LogP contribution is 2.22. The van der Waals surface area contributed by atoms with Gasteiger partial charge in [0, 0.05) is 22.7 Å². The Morgan fingerprint density at radius 3 is 2.61 bits per heavy atom. The van der Waals surface area contributed by atoms with E-state index >= 15 is 0 Å². The molecule has 0 aliphatic rings. The highest BCUT2D eigenvalue weighted by atomic mass is 79.9. The van der Waals surface area contributed by atoms with Crippen molar-refractivity contribution in [3.05, 3.63) is 34.1 Å². The van der Waals surface area contributed by atoms with Crippen LogP contribution in [0.5, 0.6) is 0 Å². The molecule has 0 bridgehead atoms. The lowest BCUT2D eigenvalue weighted by molar-refractivity contribution is -0.174. The van der Waals surface area contributed by atoms with E-state index in [2.05, 4.69) is 20.7 Å². The molecule has 0 heterocycles. The van der Waals surface area contributed by atoms with E-state index in [9.17, 15) is 17.6 Å². The van der Waals surface area contributed by atoms with E-state index in [1.54, 1.807) is 0 Å². The lowest BCUT2D eigenvalue weighted by Gasteiger charge is -2.14. The average molecular weight is 330 g/mol. The molecule has 2 N–H and O–H groups in total. The van der Waals surface area contributed by atoms with Crippen molar-refractivity contribution in [2.24, 2.45) is 5.73 Å². The lowest BCUT2D eigenvalue weighted by Crippen LogP contribution is -2.20. The molecule has 2 nitrogen and oxygen atoms in total. The molecule has 1 unspecified atom stereocenters. The molecule has 1 aromatic carbocycles. The number of halogens is 5. The maximum atomic E-state index is 13.4. The molecular weight excluding hydrogens is 318 g/mol. The van der Waals surface area contributed by atoms with Gasteiger partial charge < -0.3 is 10.5 Å². The van der Waals surface area contributed by atoms with E-state index in [4.69, 9.17) is 5.73 Å². The third kappa shape index (κ3) is 5.32. The molecule has 102 valence electrons. The molecule has 7 heteroatoms. The second-order valence-corrected chi connectivity index (χ2v) is 4.64. The van der Waals surface area contributed by atoms with E-state index in [-0.39, 0.29) is 18.6 Å². The summed E-state index contributed by atoms with van der Waals surface area (Å²) in [6.45, 7) is -1.49. The van der Waals surface area contributed by atoms with E-state index < -0.39 is 24.6 Å². The van der Waals surface area contributed by atoms with Crippen LogP contribution in [0.2, 0.25) is 0 Å². The molecule has 0 aliphatic heterocycles. The Labute approximate surface area is 110 Å². The van der Waals surface area contributed by atoms with E-state index in [0.717, 1.165) is 0 Å². The number of benzene rings is 1. The summed E-state index contributed by atoms with van der Waals surface area (Å²) in [6.07, 6.45) is -4.24. The Hall–Kier alpha value is -0.660. The first-order valence-corrected chi connectivity index (χ1v) is 5.94. The quantitative estimate of drug-likeness (QED) is 0.662. The van der Waals surface area contributed by atoms with Crippen LogP contribution in [0.15, 0.2) is 22.7 Å². The van der Waals surface area contributed by atoms with Gasteiger partial charge in [0.1, 0.15) is 12.4 Å². The summed E-state index contributed by atoms with van der Waals surface area (Å²) in [4.78, 5) is 0. The Morgan fingerprint density at radius 2 is 2.00 bits per heavy atom. The first kappa shape index (κ1) is 15.4. The largest absolute Gasteiger partial charge is 0.411 e. The summed E-state index contributed by atoms with van der Waals surface area (Å²) in [5.74, 6) is -0.485. The maximum Gasteiger partial charge on any atom is 0.411 e. The Morgan fingerprint density at radius 1 is 1.33 bits per heavy atom. The van der Waals surface area contributed by atoms with Crippen molar-refractivity contribution in [1.29, 1.82) is 0 Å². The van der Waals surface area contributed by atoms with E-state index in [1.807, 2.05) is 0 Å². The zero-order valence-corrected chi connectivity index (χ0v) is 10.9. The molecule has 0 fully saturated rings. The average Bonchev–Trinajstić information content (AvgIpc) is 2.26. The number of hydrogen-bond donors (Lipinski definition) is 1. The lowest BCUT2D eigenvalue weighted by atomic mass is 10.0. The molecule has 1 rings (SSSR count). The van der Waals surface area contributed by atoms with Crippen molar-refractivity contribution in [1.82, 2.24) is 0 Å². The summed E-state index contributed by atoms with van der Waals surface area (Å²) in [6, 6.07) is 3.57. The fourth-order valence-corrected chi connectivity index (χ4v) is 1.73. The van der Waals surface area contributed by atoms with E-state index in [0.29, 0.717) is 4.47 Å². The molecule has 0 aliphatic carbocycles. The van der Waals surface area contributed by atoms with Gasteiger partial charge in [-0.1, -0.05) is 15.9 Å². The van der Waals surface area contributed by atoms with Crippen LogP contribution in [-0.2, 0) is 4.74 Å². The van der Waals surface area contributed by atoms with Crippen molar-refractivity contribution in [2.45, 2.75) is 18.6 Å². The normalized spacial score (nSPS) is 13.7. The predicted molar refractivity (Wildman–Crippen MR) is 62.5 cm³/mol. The summed E-state index contributed by atoms with van der Waals surface area (Å²) in [5, 5.41) is 0. The second-order valence-electron chi connectivity index (χ2n) is 3.73.